The fourth-order valence-electron chi connectivity index (χ4n) is 4.87. The summed E-state index contributed by atoms with van der Waals surface area (Å²) in [6, 6.07) is 14.7. The molecule has 0 bridgehead atoms. The van der Waals surface area contributed by atoms with E-state index in [4.69, 9.17) is 9.97 Å². The van der Waals surface area contributed by atoms with Crippen LogP contribution >= 0.6 is 0 Å². The Kier molecular flexibility index (Phi) is 12.8. The number of fused-ring (bicyclic) bond motifs is 2. The van der Waals surface area contributed by atoms with Crippen LogP contribution < -0.4 is 0 Å². The van der Waals surface area contributed by atoms with Crippen LogP contribution in [0.2, 0.25) is 0 Å². The third-order valence-electron chi connectivity index (χ3n) is 7.01. The van der Waals surface area contributed by atoms with Crippen LogP contribution in [0, 0.1) is 0 Å². The monoisotopic (exact) mass is 479 g/mol. The highest BCUT2D eigenvalue weighted by Gasteiger charge is 2.20. The molecule has 0 radical (unpaired) electrons. The van der Waals surface area contributed by atoms with Gasteiger partial charge in [0.1, 0.15) is 17.5 Å². The van der Waals surface area contributed by atoms with Crippen molar-refractivity contribution in [3.63, 3.8) is 0 Å². The molecule has 1 aromatic heterocycles. The maximum absolute atomic E-state index is 4.97. The van der Waals surface area contributed by atoms with Crippen LogP contribution in [0.3, 0.4) is 0 Å². The van der Waals surface area contributed by atoms with E-state index < -0.39 is 0 Å². The Bertz CT molecular complexity index is 954. The molecule has 1 atom stereocenters. The maximum Gasteiger partial charge on any atom is 0.182 e. The van der Waals surface area contributed by atoms with Gasteiger partial charge in [-0.1, -0.05) is 115 Å². The van der Waals surface area contributed by atoms with Gasteiger partial charge in [0.2, 0.25) is 0 Å². The van der Waals surface area contributed by atoms with Crippen LogP contribution in [0.5, 0.6) is 0 Å². The number of nitrogens with zero attached hydrogens (tertiary/aromatic N) is 2. The fraction of sp³-hybridized carbons (Fsp3) is 0.613. The second-order valence-electron chi connectivity index (χ2n) is 9.98. The van der Waals surface area contributed by atoms with Crippen molar-refractivity contribution in [1.82, 2.24) is 9.97 Å². The number of unbranched alkanes of at least 4 members (excludes halogenated alkanes) is 15. The Balaban J connectivity index is 1.24. The molecule has 0 aliphatic rings. The van der Waals surface area contributed by atoms with E-state index in [2.05, 4.69) is 43.5 Å². The minimum absolute atomic E-state index is 0.229. The largest absolute Gasteiger partial charge is 0.244 e. The molecule has 0 spiro atoms. The summed E-state index contributed by atoms with van der Waals surface area (Å²) in [5.41, 5.74) is 4.12. The zero-order valence-corrected chi connectivity index (χ0v) is 22.7. The second kappa shape index (κ2) is 16.1. The van der Waals surface area contributed by atoms with Crippen LogP contribution in [0.1, 0.15) is 110 Å². The van der Waals surface area contributed by atoms with Gasteiger partial charge in [0.15, 0.2) is 4.90 Å². The summed E-state index contributed by atoms with van der Waals surface area (Å²) in [4.78, 5) is 11.2. The van der Waals surface area contributed by atoms with E-state index in [1.54, 1.807) is 0 Å². The molecule has 2 nitrogen and oxygen atoms in total. The highest BCUT2D eigenvalue weighted by molar-refractivity contribution is 7.96. The maximum atomic E-state index is 4.97. The van der Waals surface area contributed by atoms with E-state index in [0.717, 1.165) is 22.1 Å². The highest BCUT2D eigenvalue weighted by Crippen LogP contribution is 2.25. The Morgan fingerprint density at radius 1 is 0.529 bits per heavy atom. The highest BCUT2D eigenvalue weighted by atomic mass is 32.2. The van der Waals surface area contributed by atoms with Crippen molar-refractivity contribution < 1.29 is 0 Å². The molecule has 3 aromatic rings. The minimum Gasteiger partial charge on any atom is -0.244 e. The summed E-state index contributed by atoms with van der Waals surface area (Å²) in [5.74, 6) is 1.27. The van der Waals surface area contributed by atoms with Crippen molar-refractivity contribution in [1.29, 1.82) is 0 Å². The van der Waals surface area contributed by atoms with Gasteiger partial charge in [-0.25, -0.2) is 9.97 Å². The van der Waals surface area contributed by atoms with Gasteiger partial charge in [0.05, 0.1) is 16.6 Å². The van der Waals surface area contributed by atoms with E-state index in [1.165, 1.54) is 113 Å². The molecule has 2 aromatic carbocycles. The van der Waals surface area contributed by atoms with Crippen LogP contribution in [0.15, 0.2) is 47.4 Å². The molecule has 0 fully saturated rings. The minimum atomic E-state index is 0.229. The third-order valence-corrected chi connectivity index (χ3v) is 8.99. The third kappa shape index (κ3) is 9.21. The lowest BCUT2D eigenvalue weighted by Crippen LogP contribution is -2.07. The first kappa shape index (κ1) is 27.0. The summed E-state index contributed by atoms with van der Waals surface area (Å²) in [6.45, 7) is 2.30. The van der Waals surface area contributed by atoms with Crippen molar-refractivity contribution in [3.05, 3.63) is 42.5 Å². The quantitative estimate of drug-likeness (QED) is 0.103. The molecule has 186 valence electrons. The number of rotatable bonds is 18. The Hall–Kier alpha value is -1.61. The molecule has 34 heavy (non-hydrogen) atoms. The summed E-state index contributed by atoms with van der Waals surface area (Å²) >= 11 is 0. The molecule has 0 saturated heterocycles. The van der Waals surface area contributed by atoms with Crippen molar-refractivity contribution in [2.75, 3.05) is 12.0 Å². The summed E-state index contributed by atoms with van der Waals surface area (Å²) < 4.78 is 0. The zero-order chi connectivity index (χ0) is 23.8. The topological polar surface area (TPSA) is 25.8 Å². The van der Waals surface area contributed by atoms with Crippen LogP contribution in [0.25, 0.3) is 22.1 Å². The Morgan fingerprint density at radius 3 is 1.56 bits per heavy atom. The van der Waals surface area contributed by atoms with E-state index in [0.29, 0.717) is 0 Å². The number of aromatic nitrogens is 2. The standard InChI is InChI=1S/C31H47N2S/c1-3-4-5-6-7-8-9-10-11-12-13-14-15-16-17-20-26-34(2)30-25-21-24-29-31(30)33-28-23-19-18-22-27(28)32-29/h18-19,21-25H,3-17,20,26H2,1-2H3/q+1. The van der Waals surface area contributed by atoms with Crippen molar-refractivity contribution in [3.8, 4) is 0 Å². The molecule has 0 saturated carbocycles. The summed E-state index contributed by atoms with van der Waals surface area (Å²) in [7, 11) is 0.229. The Labute approximate surface area is 211 Å². The summed E-state index contributed by atoms with van der Waals surface area (Å²) in [5, 5.41) is 0. The average molecular weight is 480 g/mol. The predicted octanol–water partition coefficient (Wildman–Crippen LogP) is 9.65. The molecule has 0 amide bonds. The zero-order valence-electron chi connectivity index (χ0n) is 21.9. The molecule has 3 heteroatoms. The summed E-state index contributed by atoms with van der Waals surface area (Å²) in [6.07, 6.45) is 25.2. The number of benzene rings is 2. The SMILES string of the molecule is CCCCCCCCCCCCCCCCCC[S+](C)c1cccc2nc3ccccc3nc12. The number of hydrogen-bond donors (Lipinski definition) is 0. The first-order valence-electron chi connectivity index (χ1n) is 14.1. The van der Waals surface area contributed by atoms with E-state index in [9.17, 15) is 0 Å². The lowest BCUT2D eigenvalue weighted by molar-refractivity contribution is 0.531. The molecular formula is C31H47N2S+. The van der Waals surface area contributed by atoms with E-state index in [-0.39, 0.29) is 10.9 Å². The van der Waals surface area contributed by atoms with Crippen molar-refractivity contribution in [2.24, 2.45) is 0 Å². The first-order valence-corrected chi connectivity index (χ1v) is 15.9. The van der Waals surface area contributed by atoms with Crippen LogP contribution in [-0.4, -0.2) is 22.0 Å². The number of hydrogen-bond acceptors (Lipinski definition) is 2. The van der Waals surface area contributed by atoms with Gasteiger partial charge < -0.3 is 0 Å². The Morgan fingerprint density at radius 2 is 1.00 bits per heavy atom. The number of para-hydroxylation sites is 3. The molecule has 0 aliphatic heterocycles. The molecular weight excluding hydrogens is 432 g/mol. The smallest absolute Gasteiger partial charge is 0.182 e. The van der Waals surface area contributed by atoms with Crippen LogP contribution in [-0.2, 0) is 10.9 Å². The normalized spacial score (nSPS) is 12.5. The fourth-order valence-corrected chi connectivity index (χ4v) is 6.52. The van der Waals surface area contributed by atoms with Crippen molar-refractivity contribution in [2.45, 2.75) is 115 Å². The molecule has 1 unspecified atom stereocenters. The first-order chi connectivity index (χ1) is 16.8. The molecule has 1 heterocycles. The van der Waals surface area contributed by atoms with Gasteiger partial charge in [-0.05, 0) is 37.1 Å². The lowest BCUT2D eigenvalue weighted by Gasteiger charge is -2.07. The van der Waals surface area contributed by atoms with Crippen LogP contribution in [0.4, 0.5) is 0 Å². The van der Waals surface area contributed by atoms with Gasteiger partial charge in [-0.15, -0.1) is 0 Å². The lowest BCUT2D eigenvalue weighted by atomic mass is 10.0. The molecule has 3 rings (SSSR count). The molecule has 0 N–H and O–H groups in total. The van der Waals surface area contributed by atoms with Gasteiger partial charge >= 0.3 is 0 Å². The van der Waals surface area contributed by atoms with Gasteiger partial charge in [-0.2, -0.15) is 0 Å². The van der Waals surface area contributed by atoms with Gasteiger partial charge in [0, 0.05) is 10.9 Å². The predicted molar refractivity (Wildman–Crippen MR) is 153 cm³/mol. The van der Waals surface area contributed by atoms with Crippen molar-refractivity contribution >= 4 is 33.0 Å². The van der Waals surface area contributed by atoms with Gasteiger partial charge in [-0.3, -0.25) is 0 Å². The molecule has 0 aliphatic carbocycles. The van der Waals surface area contributed by atoms with Gasteiger partial charge in [0.25, 0.3) is 0 Å². The van der Waals surface area contributed by atoms with E-state index >= 15 is 0 Å². The second-order valence-corrected chi connectivity index (χ2v) is 12.1. The average Bonchev–Trinajstić information content (AvgIpc) is 2.86. The van der Waals surface area contributed by atoms with E-state index in [1.807, 2.05) is 12.1 Å².